The summed E-state index contributed by atoms with van der Waals surface area (Å²) in [6.45, 7) is 0. The maximum Gasteiger partial charge on any atom is 0.339 e. The van der Waals surface area contributed by atoms with Crippen molar-refractivity contribution in [3.63, 3.8) is 0 Å². The highest BCUT2D eigenvalue weighted by Crippen LogP contribution is 2.42. The third-order valence-electron chi connectivity index (χ3n) is 4.70. The Morgan fingerprint density at radius 2 is 1.86 bits per heavy atom. The Labute approximate surface area is 129 Å². The van der Waals surface area contributed by atoms with Crippen molar-refractivity contribution in [3.8, 4) is 5.75 Å². The number of benzene rings is 2. The molecule has 1 heterocycles. The summed E-state index contributed by atoms with van der Waals surface area (Å²) in [5, 5.41) is 0. The summed E-state index contributed by atoms with van der Waals surface area (Å²) in [6.07, 6.45) is 4.04. The van der Waals surface area contributed by atoms with Crippen LogP contribution < -0.4 is 4.74 Å². The summed E-state index contributed by atoms with van der Waals surface area (Å²) in [4.78, 5) is 12.5. The molecule has 112 valence electrons. The van der Waals surface area contributed by atoms with Crippen LogP contribution in [0.15, 0.2) is 36.4 Å². The summed E-state index contributed by atoms with van der Waals surface area (Å²) < 4.78 is 11.1. The Kier molecular flexibility index (Phi) is 3.14. The van der Waals surface area contributed by atoms with E-state index in [0.29, 0.717) is 0 Å². The molecular weight excluding hydrogens is 276 g/mol. The van der Waals surface area contributed by atoms with Gasteiger partial charge in [-0.2, -0.15) is 0 Å². The average Bonchev–Trinajstić information content (AvgIpc) is 2.92. The van der Waals surface area contributed by atoms with E-state index in [4.69, 9.17) is 9.47 Å². The molecule has 0 fully saturated rings. The Bertz CT molecular complexity index is 748. The van der Waals surface area contributed by atoms with Gasteiger partial charge >= 0.3 is 5.97 Å². The lowest BCUT2D eigenvalue weighted by molar-refractivity contribution is 0.0452. The fraction of sp³-hybridized carbons (Fsp3) is 0.316. The van der Waals surface area contributed by atoms with Crippen molar-refractivity contribution in [3.05, 3.63) is 64.2 Å². The van der Waals surface area contributed by atoms with E-state index < -0.39 is 0 Å². The highest BCUT2D eigenvalue weighted by atomic mass is 16.6. The number of hydrogen-bond acceptors (Lipinski definition) is 3. The molecule has 0 aromatic heterocycles. The van der Waals surface area contributed by atoms with Gasteiger partial charge in [-0.3, -0.25) is 0 Å². The first-order valence-electron chi connectivity index (χ1n) is 7.78. The maximum absolute atomic E-state index is 12.5. The number of fused-ring (bicyclic) bond motifs is 3. The van der Waals surface area contributed by atoms with E-state index in [1.54, 1.807) is 7.11 Å². The van der Waals surface area contributed by atoms with Gasteiger partial charge in [0.1, 0.15) is 5.75 Å². The van der Waals surface area contributed by atoms with E-state index in [-0.39, 0.29) is 12.1 Å². The lowest BCUT2D eigenvalue weighted by Gasteiger charge is -2.18. The normalized spacial score (nSPS) is 19.3. The molecule has 1 aliphatic carbocycles. The zero-order valence-electron chi connectivity index (χ0n) is 12.6. The van der Waals surface area contributed by atoms with Crippen molar-refractivity contribution in [1.29, 1.82) is 0 Å². The molecule has 1 unspecified atom stereocenters. The van der Waals surface area contributed by atoms with Crippen LogP contribution in [0.2, 0.25) is 0 Å². The summed E-state index contributed by atoms with van der Waals surface area (Å²) in [5.41, 5.74) is 5.20. The number of ether oxygens (including phenoxy) is 2. The third-order valence-corrected chi connectivity index (χ3v) is 4.70. The predicted octanol–water partition coefficient (Wildman–Crippen LogP) is 3.83. The van der Waals surface area contributed by atoms with Crippen LogP contribution in [0.1, 0.15) is 51.6 Å². The van der Waals surface area contributed by atoms with Crippen LogP contribution in [-0.4, -0.2) is 13.1 Å². The van der Waals surface area contributed by atoms with Crippen LogP contribution in [-0.2, 0) is 17.6 Å². The SMILES string of the molecule is COc1ccccc1C1OC(=O)c2c1ccc1c2CCCC1. The molecule has 1 aliphatic heterocycles. The van der Waals surface area contributed by atoms with E-state index in [0.717, 1.165) is 41.7 Å². The average molecular weight is 294 g/mol. The van der Waals surface area contributed by atoms with Crippen LogP contribution in [0, 0.1) is 0 Å². The van der Waals surface area contributed by atoms with Gasteiger partial charge in [-0.1, -0.05) is 30.3 Å². The smallest absolute Gasteiger partial charge is 0.339 e. The number of carbonyl (C=O) groups is 1. The molecule has 3 heteroatoms. The van der Waals surface area contributed by atoms with Crippen molar-refractivity contribution in [2.75, 3.05) is 7.11 Å². The molecule has 0 saturated carbocycles. The topological polar surface area (TPSA) is 35.5 Å². The van der Waals surface area contributed by atoms with E-state index in [9.17, 15) is 4.79 Å². The lowest BCUT2D eigenvalue weighted by Crippen LogP contribution is -2.09. The Morgan fingerprint density at radius 1 is 1.05 bits per heavy atom. The summed E-state index contributed by atoms with van der Waals surface area (Å²) in [6, 6.07) is 12.0. The molecular formula is C19H18O3. The number of para-hydroxylation sites is 1. The number of rotatable bonds is 2. The number of esters is 1. The molecule has 1 atom stereocenters. The van der Waals surface area contributed by atoms with Gasteiger partial charge in [0.15, 0.2) is 6.10 Å². The van der Waals surface area contributed by atoms with Crippen LogP contribution in [0.25, 0.3) is 0 Å². The van der Waals surface area contributed by atoms with Crippen LogP contribution in [0.5, 0.6) is 5.75 Å². The first kappa shape index (κ1) is 13.4. The second kappa shape index (κ2) is 5.16. The highest BCUT2D eigenvalue weighted by molar-refractivity contribution is 5.96. The minimum absolute atomic E-state index is 0.190. The number of aryl methyl sites for hydroxylation is 1. The van der Waals surface area contributed by atoms with E-state index in [2.05, 4.69) is 12.1 Å². The minimum Gasteiger partial charge on any atom is -0.496 e. The standard InChI is InChI=1S/C19H18O3/c1-21-16-9-5-4-8-14(16)18-15-11-10-12-6-2-3-7-13(12)17(15)19(20)22-18/h4-5,8-11,18H,2-3,6-7H2,1H3. The van der Waals surface area contributed by atoms with Gasteiger partial charge in [-0.25, -0.2) is 4.79 Å². The van der Waals surface area contributed by atoms with Gasteiger partial charge in [0.2, 0.25) is 0 Å². The monoisotopic (exact) mass is 294 g/mol. The van der Waals surface area contributed by atoms with Gasteiger partial charge in [0.25, 0.3) is 0 Å². The summed E-state index contributed by atoms with van der Waals surface area (Å²) >= 11 is 0. The van der Waals surface area contributed by atoms with Crippen molar-refractivity contribution >= 4 is 5.97 Å². The van der Waals surface area contributed by atoms with E-state index >= 15 is 0 Å². The zero-order valence-corrected chi connectivity index (χ0v) is 12.6. The molecule has 0 radical (unpaired) electrons. The van der Waals surface area contributed by atoms with E-state index in [1.807, 2.05) is 24.3 Å². The molecule has 2 aromatic carbocycles. The second-order valence-corrected chi connectivity index (χ2v) is 5.90. The van der Waals surface area contributed by atoms with Gasteiger partial charge in [0, 0.05) is 11.1 Å². The van der Waals surface area contributed by atoms with Gasteiger partial charge in [-0.05, 0) is 42.9 Å². The van der Waals surface area contributed by atoms with Crippen molar-refractivity contribution in [2.45, 2.75) is 31.8 Å². The number of carbonyl (C=O) groups excluding carboxylic acids is 1. The van der Waals surface area contributed by atoms with Gasteiger partial charge in [-0.15, -0.1) is 0 Å². The second-order valence-electron chi connectivity index (χ2n) is 5.90. The molecule has 4 rings (SSSR count). The fourth-order valence-corrected chi connectivity index (χ4v) is 3.65. The zero-order chi connectivity index (χ0) is 15.1. The molecule has 0 N–H and O–H groups in total. The molecule has 3 nitrogen and oxygen atoms in total. The number of cyclic esters (lactones) is 1. The minimum atomic E-state index is -0.356. The number of methoxy groups -OCH3 is 1. The van der Waals surface area contributed by atoms with E-state index in [1.165, 1.54) is 17.5 Å². The van der Waals surface area contributed by atoms with Crippen LogP contribution in [0.3, 0.4) is 0 Å². The fourth-order valence-electron chi connectivity index (χ4n) is 3.65. The maximum atomic E-state index is 12.5. The molecule has 2 aliphatic rings. The van der Waals surface area contributed by atoms with Gasteiger partial charge in [0.05, 0.1) is 12.7 Å². The van der Waals surface area contributed by atoms with Gasteiger partial charge < -0.3 is 9.47 Å². The number of hydrogen-bond donors (Lipinski definition) is 0. The molecule has 0 saturated heterocycles. The molecule has 2 aromatic rings. The molecule has 22 heavy (non-hydrogen) atoms. The summed E-state index contributed by atoms with van der Waals surface area (Å²) in [5.74, 6) is 0.565. The molecule has 0 spiro atoms. The highest BCUT2D eigenvalue weighted by Gasteiger charge is 2.36. The van der Waals surface area contributed by atoms with Crippen molar-refractivity contribution < 1.29 is 14.3 Å². The first-order valence-corrected chi connectivity index (χ1v) is 7.78. The Hall–Kier alpha value is -2.29. The lowest BCUT2D eigenvalue weighted by atomic mass is 9.85. The molecule has 0 amide bonds. The predicted molar refractivity (Wildman–Crippen MR) is 83.3 cm³/mol. The third kappa shape index (κ3) is 1.92. The van der Waals surface area contributed by atoms with Crippen LogP contribution in [0.4, 0.5) is 0 Å². The van der Waals surface area contributed by atoms with Crippen molar-refractivity contribution in [1.82, 2.24) is 0 Å². The first-order chi connectivity index (χ1) is 10.8. The Morgan fingerprint density at radius 3 is 2.73 bits per heavy atom. The Balaban J connectivity index is 1.86. The van der Waals surface area contributed by atoms with Crippen LogP contribution >= 0.6 is 0 Å². The molecule has 0 bridgehead atoms. The summed E-state index contributed by atoms with van der Waals surface area (Å²) in [7, 11) is 1.64. The van der Waals surface area contributed by atoms with Crippen molar-refractivity contribution in [2.24, 2.45) is 0 Å². The largest absolute Gasteiger partial charge is 0.496 e. The quantitative estimate of drug-likeness (QED) is 0.790.